The lowest BCUT2D eigenvalue weighted by molar-refractivity contribution is 0.0315. The van der Waals surface area contributed by atoms with Gasteiger partial charge in [-0.25, -0.2) is 4.79 Å². The van der Waals surface area contributed by atoms with Crippen molar-refractivity contribution in [3.05, 3.63) is 30.0 Å². The predicted octanol–water partition coefficient (Wildman–Crippen LogP) is 2.31. The average molecular weight is 287 g/mol. The van der Waals surface area contributed by atoms with Gasteiger partial charge in [-0.1, -0.05) is 18.2 Å². The number of carbonyl (C=O) groups is 1. The van der Waals surface area contributed by atoms with E-state index < -0.39 is 5.97 Å². The van der Waals surface area contributed by atoms with Crippen molar-refractivity contribution in [2.45, 2.75) is 25.4 Å². The van der Waals surface area contributed by atoms with E-state index in [9.17, 15) is 9.90 Å². The summed E-state index contributed by atoms with van der Waals surface area (Å²) in [4.78, 5) is 11.4. The first-order chi connectivity index (χ1) is 10.1. The van der Waals surface area contributed by atoms with Crippen LogP contribution in [0.5, 0.6) is 0 Å². The van der Waals surface area contributed by atoms with Crippen molar-refractivity contribution in [2.24, 2.45) is 0 Å². The Morgan fingerprint density at radius 1 is 1.43 bits per heavy atom. The topological polar surface area (TPSA) is 84.3 Å². The van der Waals surface area contributed by atoms with Gasteiger partial charge < -0.3 is 15.2 Å². The van der Waals surface area contributed by atoms with Crippen molar-refractivity contribution in [3.8, 4) is 0 Å². The number of fused-ring (bicyclic) bond motifs is 1. The highest BCUT2D eigenvalue weighted by Gasteiger charge is 2.30. The van der Waals surface area contributed by atoms with Gasteiger partial charge >= 0.3 is 5.97 Å². The maximum atomic E-state index is 11.4. The van der Waals surface area contributed by atoms with Crippen molar-refractivity contribution in [1.29, 1.82) is 0 Å². The van der Waals surface area contributed by atoms with Gasteiger partial charge in [-0.3, -0.25) is 0 Å². The minimum absolute atomic E-state index is 0.0599. The zero-order valence-corrected chi connectivity index (χ0v) is 11.8. The van der Waals surface area contributed by atoms with Crippen LogP contribution >= 0.6 is 0 Å². The molecule has 1 aromatic carbocycles. The van der Waals surface area contributed by atoms with E-state index in [1.807, 2.05) is 31.2 Å². The third kappa shape index (κ3) is 2.67. The van der Waals surface area contributed by atoms with Crippen LogP contribution in [0, 0.1) is 0 Å². The number of rotatable bonds is 4. The third-order valence-corrected chi connectivity index (χ3v) is 3.81. The maximum Gasteiger partial charge on any atom is 0.358 e. The molecule has 1 saturated heterocycles. The lowest BCUT2D eigenvalue weighted by Gasteiger charge is -2.24. The Morgan fingerprint density at radius 3 is 2.95 bits per heavy atom. The number of aromatic nitrogens is 2. The molecule has 0 bridgehead atoms. The van der Waals surface area contributed by atoms with Crippen LogP contribution in [-0.2, 0) is 4.74 Å². The standard InChI is InChI=1S/C15H17N3O3/c1-15(7-4-8-21-15)9-16-12-10-5-2-3-6-11(10)17-18-13(12)14(19)20/h2-3,5-6H,4,7-9H2,1H3,(H,16,17)(H,19,20). The number of benzene rings is 1. The van der Waals surface area contributed by atoms with Gasteiger partial charge in [0.25, 0.3) is 0 Å². The van der Waals surface area contributed by atoms with Crippen LogP contribution in [0.3, 0.4) is 0 Å². The fourth-order valence-corrected chi connectivity index (χ4v) is 2.63. The van der Waals surface area contributed by atoms with Crippen LogP contribution in [0.25, 0.3) is 10.9 Å². The summed E-state index contributed by atoms with van der Waals surface area (Å²) in [6.45, 7) is 3.33. The SMILES string of the molecule is CC1(CNc2c(C(=O)O)nnc3ccccc23)CCCO1. The van der Waals surface area contributed by atoms with Gasteiger partial charge in [-0.05, 0) is 25.8 Å². The lowest BCUT2D eigenvalue weighted by Crippen LogP contribution is -2.33. The van der Waals surface area contributed by atoms with E-state index in [0.29, 0.717) is 17.7 Å². The zero-order valence-electron chi connectivity index (χ0n) is 11.8. The summed E-state index contributed by atoms with van der Waals surface area (Å²) in [5.41, 5.74) is 0.850. The molecule has 110 valence electrons. The van der Waals surface area contributed by atoms with Crippen LogP contribution < -0.4 is 5.32 Å². The van der Waals surface area contributed by atoms with Gasteiger partial charge in [0, 0.05) is 18.5 Å². The fraction of sp³-hybridized carbons (Fsp3) is 0.400. The first kappa shape index (κ1) is 13.8. The molecule has 1 aromatic heterocycles. The number of hydrogen-bond donors (Lipinski definition) is 2. The zero-order chi connectivity index (χ0) is 14.9. The first-order valence-electron chi connectivity index (χ1n) is 6.96. The fourth-order valence-electron chi connectivity index (χ4n) is 2.63. The number of aromatic carboxylic acids is 1. The van der Waals surface area contributed by atoms with E-state index in [1.165, 1.54) is 0 Å². The summed E-state index contributed by atoms with van der Waals surface area (Å²) in [6, 6.07) is 7.36. The normalized spacial score (nSPS) is 21.6. The minimum Gasteiger partial charge on any atom is -0.476 e. The van der Waals surface area contributed by atoms with Gasteiger partial charge in [0.15, 0.2) is 5.69 Å². The molecule has 0 spiro atoms. The summed E-state index contributed by atoms with van der Waals surface area (Å²) in [5, 5.41) is 21.1. The molecule has 21 heavy (non-hydrogen) atoms. The Hall–Kier alpha value is -2.21. The maximum absolute atomic E-state index is 11.4. The van der Waals surface area contributed by atoms with E-state index in [4.69, 9.17) is 4.74 Å². The van der Waals surface area contributed by atoms with Gasteiger partial charge in [0.2, 0.25) is 0 Å². The first-order valence-corrected chi connectivity index (χ1v) is 6.96. The molecule has 0 saturated carbocycles. The Kier molecular flexibility index (Phi) is 3.47. The number of ether oxygens (including phenoxy) is 1. The van der Waals surface area contributed by atoms with Crippen LogP contribution in [0.15, 0.2) is 24.3 Å². The van der Waals surface area contributed by atoms with E-state index in [0.717, 1.165) is 24.8 Å². The van der Waals surface area contributed by atoms with Crippen molar-refractivity contribution < 1.29 is 14.6 Å². The summed E-state index contributed by atoms with van der Waals surface area (Å²) < 4.78 is 5.73. The quantitative estimate of drug-likeness (QED) is 0.897. The second-order valence-corrected chi connectivity index (χ2v) is 5.50. The van der Waals surface area contributed by atoms with E-state index >= 15 is 0 Å². The molecular weight excluding hydrogens is 270 g/mol. The molecule has 2 heterocycles. The van der Waals surface area contributed by atoms with E-state index in [-0.39, 0.29) is 11.3 Å². The second kappa shape index (κ2) is 5.29. The van der Waals surface area contributed by atoms with E-state index in [2.05, 4.69) is 15.5 Å². The number of carboxylic acid groups (broad SMARTS) is 1. The smallest absolute Gasteiger partial charge is 0.358 e. The van der Waals surface area contributed by atoms with Crippen molar-refractivity contribution >= 4 is 22.6 Å². The average Bonchev–Trinajstić information content (AvgIpc) is 2.91. The molecule has 1 aliphatic rings. The summed E-state index contributed by atoms with van der Waals surface area (Å²) in [5.74, 6) is -1.09. The van der Waals surface area contributed by atoms with Crippen LogP contribution in [0.4, 0.5) is 5.69 Å². The van der Waals surface area contributed by atoms with Gasteiger partial charge in [-0.15, -0.1) is 10.2 Å². The molecule has 6 heteroatoms. The predicted molar refractivity (Wildman–Crippen MR) is 78.6 cm³/mol. The molecule has 1 unspecified atom stereocenters. The Bertz CT molecular complexity index is 681. The largest absolute Gasteiger partial charge is 0.476 e. The molecule has 1 atom stereocenters. The Morgan fingerprint density at radius 2 is 2.24 bits per heavy atom. The molecule has 2 aromatic rings. The van der Waals surface area contributed by atoms with Crippen molar-refractivity contribution in [3.63, 3.8) is 0 Å². The number of anilines is 1. The third-order valence-electron chi connectivity index (χ3n) is 3.81. The van der Waals surface area contributed by atoms with Crippen LogP contribution in [0.2, 0.25) is 0 Å². The lowest BCUT2D eigenvalue weighted by atomic mass is 10.0. The highest BCUT2D eigenvalue weighted by Crippen LogP contribution is 2.28. The van der Waals surface area contributed by atoms with Gasteiger partial charge in [0.1, 0.15) is 0 Å². The van der Waals surface area contributed by atoms with Gasteiger partial charge in [-0.2, -0.15) is 0 Å². The minimum atomic E-state index is -1.09. The second-order valence-electron chi connectivity index (χ2n) is 5.50. The highest BCUT2D eigenvalue weighted by atomic mass is 16.5. The summed E-state index contributed by atoms with van der Waals surface area (Å²) in [7, 11) is 0. The van der Waals surface area contributed by atoms with Gasteiger partial charge in [0.05, 0.1) is 16.8 Å². The number of nitrogens with one attached hydrogen (secondary N) is 1. The van der Waals surface area contributed by atoms with Crippen LogP contribution in [0.1, 0.15) is 30.3 Å². The number of nitrogens with zero attached hydrogens (tertiary/aromatic N) is 2. The molecule has 0 amide bonds. The molecule has 6 nitrogen and oxygen atoms in total. The molecule has 0 aliphatic carbocycles. The molecule has 3 rings (SSSR count). The Labute approximate surface area is 122 Å². The molecular formula is C15H17N3O3. The van der Waals surface area contributed by atoms with Crippen molar-refractivity contribution in [1.82, 2.24) is 10.2 Å². The number of hydrogen-bond acceptors (Lipinski definition) is 5. The monoisotopic (exact) mass is 287 g/mol. The van der Waals surface area contributed by atoms with Crippen LogP contribution in [-0.4, -0.2) is 40.0 Å². The molecule has 2 N–H and O–H groups in total. The molecule has 1 aliphatic heterocycles. The van der Waals surface area contributed by atoms with E-state index in [1.54, 1.807) is 0 Å². The molecule has 1 fully saturated rings. The Balaban J connectivity index is 1.98. The van der Waals surface area contributed by atoms with Crippen molar-refractivity contribution in [2.75, 3.05) is 18.5 Å². The number of carboxylic acids is 1. The highest BCUT2D eigenvalue weighted by molar-refractivity contribution is 6.02. The summed E-state index contributed by atoms with van der Waals surface area (Å²) in [6.07, 6.45) is 1.98. The molecule has 0 radical (unpaired) electrons. The summed E-state index contributed by atoms with van der Waals surface area (Å²) >= 11 is 0.